The molecule has 0 spiro atoms. The second-order valence-corrected chi connectivity index (χ2v) is 7.95. The van der Waals surface area contributed by atoms with Crippen molar-refractivity contribution in [1.82, 2.24) is 9.80 Å². The Morgan fingerprint density at radius 3 is 2.08 bits per heavy atom. The average Bonchev–Trinajstić information content (AvgIpc) is 3.15. The third kappa shape index (κ3) is 4.86. The SMILES string of the molecule is CSc1ccc(CC(=O)N2CCN(C(=O)Cc3cccs3)CC2)cc1. The fourth-order valence-corrected chi connectivity index (χ4v) is 4.01. The molecular weight excluding hydrogens is 352 g/mol. The summed E-state index contributed by atoms with van der Waals surface area (Å²) in [6, 6.07) is 12.1. The molecule has 0 N–H and O–H groups in total. The molecule has 1 saturated heterocycles. The van der Waals surface area contributed by atoms with Gasteiger partial charge in [-0.15, -0.1) is 23.1 Å². The maximum absolute atomic E-state index is 12.5. The van der Waals surface area contributed by atoms with Crippen LogP contribution in [0.4, 0.5) is 0 Å². The summed E-state index contributed by atoms with van der Waals surface area (Å²) in [6.07, 6.45) is 2.94. The van der Waals surface area contributed by atoms with Gasteiger partial charge in [-0.2, -0.15) is 0 Å². The monoisotopic (exact) mass is 374 g/mol. The number of hydrogen-bond acceptors (Lipinski definition) is 4. The molecule has 1 aliphatic heterocycles. The number of nitrogens with zero attached hydrogens (tertiary/aromatic N) is 2. The van der Waals surface area contributed by atoms with Gasteiger partial charge in [-0.1, -0.05) is 18.2 Å². The largest absolute Gasteiger partial charge is 0.339 e. The van der Waals surface area contributed by atoms with Crippen molar-refractivity contribution in [2.45, 2.75) is 17.7 Å². The van der Waals surface area contributed by atoms with E-state index < -0.39 is 0 Å². The van der Waals surface area contributed by atoms with Crippen LogP contribution >= 0.6 is 23.1 Å². The number of piperazine rings is 1. The third-order valence-electron chi connectivity index (χ3n) is 4.41. The van der Waals surface area contributed by atoms with Crippen LogP contribution in [0.3, 0.4) is 0 Å². The highest BCUT2D eigenvalue weighted by molar-refractivity contribution is 7.98. The van der Waals surface area contributed by atoms with Crippen molar-refractivity contribution in [3.05, 3.63) is 52.2 Å². The van der Waals surface area contributed by atoms with Crippen molar-refractivity contribution in [1.29, 1.82) is 0 Å². The van der Waals surface area contributed by atoms with Crippen LogP contribution in [0.2, 0.25) is 0 Å². The summed E-state index contributed by atoms with van der Waals surface area (Å²) in [4.78, 5) is 30.8. The molecule has 4 nitrogen and oxygen atoms in total. The van der Waals surface area contributed by atoms with Gasteiger partial charge in [0.05, 0.1) is 12.8 Å². The Balaban J connectivity index is 1.47. The van der Waals surface area contributed by atoms with Gasteiger partial charge in [-0.3, -0.25) is 9.59 Å². The minimum atomic E-state index is 0.141. The van der Waals surface area contributed by atoms with Crippen molar-refractivity contribution in [2.75, 3.05) is 32.4 Å². The fraction of sp³-hybridized carbons (Fsp3) is 0.368. The molecule has 0 atom stereocenters. The summed E-state index contributed by atoms with van der Waals surface area (Å²) in [6.45, 7) is 2.50. The van der Waals surface area contributed by atoms with E-state index in [9.17, 15) is 9.59 Å². The molecule has 0 unspecified atom stereocenters. The highest BCUT2D eigenvalue weighted by atomic mass is 32.2. The van der Waals surface area contributed by atoms with E-state index in [1.54, 1.807) is 23.1 Å². The second kappa shape index (κ2) is 8.54. The van der Waals surface area contributed by atoms with Gasteiger partial charge in [0.1, 0.15) is 0 Å². The number of amides is 2. The topological polar surface area (TPSA) is 40.6 Å². The lowest BCUT2D eigenvalue weighted by atomic mass is 10.1. The number of benzene rings is 1. The van der Waals surface area contributed by atoms with Crippen LogP contribution in [0.25, 0.3) is 0 Å². The fourth-order valence-electron chi connectivity index (χ4n) is 2.91. The van der Waals surface area contributed by atoms with E-state index in [1.807, 2.05) is 45.7 Å². The lowest BCUT2D eigenvalue weighted by Crippen LogP contribution is -2.51. The summed E-state index contributed by atoms with van der Waals surface area (Å²) in [5, 5.41) is 1.99. The maximum Gasteiger partial charge on any atom is 0.227 e. The zero-order chi connectivity index (χ0) is 17.6. The van der Waals surface area contributed by atoms with Crippen LogP contribution in [0.1, 0.15) is 10.4 Å². The van der Waals surface area contributed by atoms with E-state index >= 15 is 0 Å². The van der Waals surface area contributed by atoms with Crippen molar-refractivity contribution < 1.29 is 9.59 Å². The van der Waals surface area contributed by atoms with Gasteiger partial charge in [0.2, 0.25) is 11.8 Å². The molecule has 3 rings (SSSR count). The first kappa shape index (κ1) is 18.0. The molecule has 2 aromatic rings. The molecule has 0 aliphatic carbocycles. The van der Waals surface area contributed by atoms with Crippen molar-refractivity contribution in [3.63, 3.8) is 0 Å². The number of carbonyl (C=O) groups is 2. The molecular formula is C19H22N2O2S2. The van der Waals surface area contributed by atoms with Crippen LogP contribution in [0, 0.1) is 0 Å². The summed E-state index contributed by atoms with van der Waals surface area (Å²) >= 11 is 3.31. The van der Waals surface area contributed by atoms with Gasteiger partial charge in [-0.25, -0.2) is 0 Å². The van der Waals surface area contributed by atoms with Gasteiger partial charge < -0.3 is 9.80 Å². The van der Waals surface area contributed by atoms with E-state index in [2.05, 4.69) is 12.1 Å². The number of carbonyl (C=O) groups excluding carboxylic acids is 2. The molecule has 0 radical (unpaired) electrons. The zero-order valence-corrected chi connectivity index (χ0v) is 15.9. The normalized spacial score (nSPS) is 14.6. The Morgan fingerprint density at radius 1 is 0.960 bits per heavy atom. The van der Waals surface area contributed by atoms with Crippen LogP contribution in [-0.4, -0.2) is 54.0 Å². The first-order valence-corrected chi connectivity index (χ1v) is 10.5. The van der Waals surface area contributed by atoms with Crippen LogP contribution in [0.5, 0.6) is 0 Å². The Bertz CT molecular complexity index is 706. The van der Waals surface area contributed by atoms with Gasteiger partial charge in [0.25, 0.3) is 0 Å². The predicted molar refractivity (Wildman–Crippen MR) is 103 cm³/mol. The molecule has 132 valence electrons. The van der Waals surface area contributed by atoms with E-state index in [1.165, 1.54) is 4.90 Å². The van der Waals surface area contributed by atoms with Gasteiger partial charge in [0.15, 0.2) is 0 Å². The molecule has 0 bridgehead atoms. The Kier molecular flexibility index (Phi) is 6.15. The van der Waals surface area contributed by atoms with E-state index in [0.29, 0.717) is 39.0 Å². The second-order valence-electron chi connectivity index (χ2n) is 6.04. The smallest absolute Gasteiger partial charge is 0.227 e. The van der Waals surface area contributed by atoms with Crippen molar-refractivity contribution in [3.8, 4) is 0 Å². The molecule has 1 aromatic carbocycles. The van der Waals surface area contributed by atoms with Gasteiger partial charge in [-0.05, 0) is 35.4 Å². The Morgan fingerprint density at radius 2 is 1.56 bits per heavy atom. The highest BCUT2D eigenvalue weighted by Gasteiger charge is 2.24. The van der Waals surface area contributed by atoms with Gasteiger partial charge >= 0.3 is 0 Å². The molecule has 25 heavy (non-hydrogen) atoms. The van der Waals surface area contributed by atoms with E-state index in [4.69, 9.17) is 0 Å². The minimum absolute atomic E-state index is 0.141. The molecule has 1 aromatic heterocycles. The average molecular weight is 375 g/mol. The van der Waals surface area contributed by atoms with Crippen molar-refractivity contribution in [2.24, 2.45) is 0 Å². The number of rotatable bonds is 5. The van der Waals surface area contributed by atoms with Crippen LogP contribution < -0.4 is 0 Å². The summed E-state index contributed by atoms with van der Waals surface area (Å²) in [7, 11) is 0. The van der Waals surface area contributed by atoms with Crippen LogP contribution in [-0.2, 0) is 22.4 Å². The highest BCUT2D eigenvalue weighted by Crippen LogP contribution is 2.16. The zero-order valence-electron chi connectivity index (χ0n) is 14.3. The lowest BCUT2D eigenvalue weighted by Gasteiger charge is -2.35. The molecule has 2 amide bonds. The Hall–Kier alpha value is -1.79. The molecule has 2 heterocycles. The lowest BCUT2D eigenvalue weighted by molar-refractivity contribution is -0.138. The summed E-state index contributed by atoms with van der Waals surface area (Å²) in [5.41, 5.74) is 1.04. The van der Waals surface area contributed by atoms with E-state index in [0.717, 1.165) is 10.4 Å². The number of hydrogen-bond donors (Lipinski definition) is 0. The molecule has 6 heteroatoms. The number of thiophene rings is 1. The first-order valence-electron chi connectivity index (χ1n) is 8.36. The van der Waals surface area contributed by atoms with Crippen molar-refractivity contribution >= 4 is 34.9 Å². The molecule has 0 saturated carbocycles. The van der Waals surface area contributed by atoms with E-state index in [-0.39, 0.29) is 11.8 Å². The van der Waals surface area contributed by atoms with Gasteiger partial charge in [0, 0.05) is 36.0 Å². The number of thioether (sulfide) groups is 1. The summed E-state index contributed by atoms with van der Waals surface area (Å²) < 4.78 is 0. The maximum atomic E-state index is 12.5. The summed E-state index contributed by atoms with van der Waals surface area (Å²) in [5.74, 6) is 0.296. The first-order chi connectivity index (χ1) is 12.2. The molecule has 1 fully saturated rings. The third-order valence-corrected chi connectivity index (χ3v) is 6.03. The predicted octanol–water partition coefficient (Wildman–Crippen LogP) is 2.93. The quantitative estimate of drug-likeness (QED) is 0.756. The molecule has 1 aliphatic rings. The minimum Gasteiger partial charge on any atom is -0.339 e. The Labute approximate surface area is 156 Å². The standard InChI is InChI=1S/C19H22N2O2S2/c1-24-16-6-4-15(5-7-16)13-18(22)20-8-10-21(11-9-20)19(23)14-17-3-2-12-25-17/h2-7,12H,8-11,13-14H2,1H3. The van der Waals surface area contributed by atoms with Crippen LogP contribution in [0.15, 0.2) is 46.7 Å².